The SMILES string of the molecule is CCC(C)CCCCCCCCCCC(O)CC(=O)NC1C(OC2OC(CO)C(O)C(O)C2NC(C)=O)OC(CC(O)C2OC(n3ccc(=O)[nH]c3=O)C(O)C2O)C(O)C1O. The number of amides is 2. The van der Waals surface area contributed by atoms with Crippen LogP contribution in [-0.2, 0) is 28.5 Å². The first-order chi connectivity index (χ1) is 29.0. The highest BCUT2D eigenvalue weighted by molar-refractivity contribution is 5.77. The Morgan fingerprint density at radius 3 is 1.92 bits per heavy atom. The van der Waals surface area contributed by atoms with Gasteiger partial charge in [-0.25, -0.2) is 4.79 Å². The number of nitrogens with zero attached hydrogens (tertiary/aromatic N) is 1. The average Bonchev–Trinajstić information content (AvgIpc) is 3.50. The maximum Gasteiger partial charge on any atom is 0.330 e. The monoisotopic (exact) mass is 876 g/mol. The number of aliphatic hydroxyl groups is 9. The second-order valence-electron chi connectivity index (χ2n) is 16.8. The highest BCUT2D eigenvalue weighted by Gasteiger charge is 2.53. The van der Waals surface area contributed by atoms with Gasteiger partial charge in [0.1, 0.15) is 60.9 Å². The third kappa shape index (κ3) is 14.0. The normalized spacial score (nSPS) is 34.4. The molecule has 61 heavy (non-hydrogen) atoms. The molecule has 0 aromatic carbocycles. The van der Waals surface area contributed by atoms with Crippen molar-refractivity contribution >= 4 is 11.8 Å². The van der Waals surface area contributed by atoms with Crippen molar-refractivity contribution in [1.29, 1.82) is 0 Å². The highest BCUT2D eigenvalue weighted by Crippen LogP contribution is 2.34. The average molecular weight is 877 g/mol. The van der Waals surface area contributed by atoms with E-state index in [4.69, 9.17) is 18.9 Å². The molecule has 21 heteroatoms. The minimum Gasteiger partial charge on any atom is -0.394 e. The molecule has 2 amide bonds. The predicted molar refractivity (Wildman–Crippen MR) is 213 cm³/mol. The Morgan fingerprint density at radius 2 is 1.34 bits per heavy atom. The number of carbonyl (C=O) groups is 2. The fraction of sp³-hybridized carbons (Fsp3) is 0.850. The van der Waals surface area contributed by atoms with Crippen molar-refractivity contribution in [1.82, 2.24) is 20.2 Å². The van der Waals surface area contributed by atoms with Gasteiger partial charge in [0.05, 0.1) is 31.3 Å². The highest BCUT2D eigenvalue weighted by atomic mass is 16.8. The largest absolute Gasteiger partial charge is 0.394 e. The van der Waals surface area contributed by atoms with Gasteiger partial charge in [-0.05, 0) is 12.3 Å². The van der Waals surface area contributed by atoms with Gasteiger partial charge in [0.25, 0.3) is 5.56 Å². The van der Waals surface area contributed by atoms with E-state index in [2.05, 4.69) is 24.5 Å². The van der Waals surface area contributed by atoms with Gasteiger partial charge in [0.15, 0.2) is 18.8 Å². The van der Waals surface area contributed by atoms with Gasteiger partial charge in [-0.3, -0.25) is 23.9 Å². The van der Waals surface area contributed by atoms with Crippen LogP contribution in [0, 0.1) is 5.92 Å². The Bertz CT molecular complexity index is 1620. The van der Waals surface area contributed by atoms with E-state index in [9.17, 15) is 65.1 Å². The molecular formula is C40H68N4O17. The number of carbonyl (C=O) groups excluding carboxylic acids is 2. The molecule has 0 aliphatic carbocycles. The summed E-state index contributed by atoms with van der Waals surface area (Å²) in [4.78, 5) is 51.3. The molecule has 0 saturated carbocycles. The van der Waals surface area contributed by atoms with E-state index >= 15 is 0 Å². The number of unbranched alkanes of at least 4 members (excludes halogenated alkanes) is 7. The molecule has 0 bridgehead atoms. The third-order valence-electron chi connectivity index (χ3n) is 11.9. The quantitative estimate of drug-likeness (QED) is 0.0506. The first-order valence-electron chi connectivity index (χ1n) is 21.5. The zero-order valence-electron chi connectivity index (χ0n) is 35.1. The van der Waals surface area contributed by atoms with Gasteiger partial charge >= 0.3 is 5.69 Å². The lowest BCUT2D eigenvalue weighted by molar-refractivity contribution is -0.347. The Balaban J connectivity index is 1.42. The Labute approximate surface area is 354 Å². The molecule has 3 aliphatic heterocycles. The summed E-state index contributed by atoms with van der Waals surface area (Å²) in [5, 5.41) is 102. The second kappa shape index (κ2) is 24.2. The minimum absolute atomic E-state index is 0.327. The zero-order valence-corrected chi connectivity index (χ0v) is 35.1. The maximum absolute atomic E-state index is 13.3. The topological polar surface area (TPSA) is 332 Å². The van der Waals surface area contributed by atoms with Gasteiger partial charge in [-0.15, -0.1) is 0 Å². The summed E-state index contributed by atoms with van der Waals surface area (Å²) in [5.41, 5.74) is -1.70. The van der Waals surface area contributed by atoms with E-state index in [1.165, 1.54) is 32.1 Å². The second-order valence-corrected chi connectivity index (χ2v) is 16.8. The summed E-state index contributed by atoms with van der Waals surface area (Å²) in [6.45, 7) is 4.79. The smallest absolute Gasteiger partial charge is 0.330 e. The Hall–Kier alpha value is -2.90. The molecule has 1 aromatic rings. The van der Waals surface area contributed by atoms with Crippen LogP contribution in [0.25, 0.3) is 0 Å². The summed E-state index contributed by atoms with van der Waals surface area (Å²) in [6, 6.07) is -2.12. The molecule has 3 fully saturated rings. The number of aliphatic hydroxyl groups excluding tert-OH is 9. The molecule has 4 rings (SSSR count). The van der Waals surface area contributed by atoms with Crippen LogP contribution in [0.3, 0.4) is 0 Å². The van der Waals surface area contributed by atoms with Crippen LogP contribution in [0.5, 0.6) is 0 Å². The van der Waals surface area contributed by atoms with Crippen LogP contribution in [0.1, 0.15) is 110 Å². The van der Waals surface area contributed by atoms with E-state index in [0.29, 0.717) is 12.8 Å². The van der Waals surface area contributed by atoms with E-state index < -0.39 is 141 Å². The van der Waals surface area contributed by atoms with Crippen molar-refractivity contribution < 1.29 is 74.5 Å². The number of H-pyrrole nitrogens is 1. The van der Waals surface area contributed by atoms with Crippen LogP contribution in [0.15, 0.2) is 21.9 Å². The van der Waals surface area contributed by atoms with Crippen LogP contribution in [0.2, 0.25) is 0 Å². The summed E-state index contributed by atoms with van der Waals surface area (Å²) < 4.78 is 24.1. The van der Waals surface area contributed by atoms with Crippen LogP contribution in [-0.4, -0.2) is 166 Å². The van der Waals surface area contributed by atoms with Crippen LogP contribution < -0.4 is 21.9 Å². The molecule has 17 unspecified atom stereocenters. The molecule has 12 N–H and O–H groups in total. The van der Waals surface area contributed by atoms with Crippen molar-refractivity contribution in [2.45, 2.75) is 202 Å². The molecule has 4 heterocycles. The molecule has 3 saturated heterocycles. The van der Waals surface area contributed by atoms with Crippen molar-refractivity contribution in [3.8, 4) is 0 Å². The van der Waals surface area contributed by atoms with E-state index in [0.717, 1.165) is 55.4 Å². The standard InChI is InChI=1S/C40H68N4O17/c1-4-20(2)13-11-9-7-5-6-8-10-12-14-22(47)17-27(50)42-29-33(54)30(51)24(58-39(29)61-38-28(41-21(3)46)32(53)31(52)25(19-45)59-38)18-23(48)36-34(55)35(56)37(60-36)44-16-15-26(49)43-40(44)57/h15-16,20,22-25,28-39,45,47-48,51-56H,4-14,17-19H2,1-3H3,(H,41,46)(H,42,50)(H,43,49,57). The molecule has 17 atom stereocenters. The number of hydrogen-bond donors (Lipinski definition) is 12. The minimum atomic E-state index is -1.91. The molecule has 350 valence electrons. The molecule has 0 spiro atoms. The Kier molecular flexibility index (Phi) is 20.2. The Morgan fingerprint density at radius 1 is 0.787 bits per heavy atom. The van der Waals surface area contributed by atoms with E-state index in [1.54, 1.807) is 0 Å². The number of rotatable bonds is 23. The first kappa shape index (κ1) is 50.7. The van der Waals surface area contributed by atoms with E-state index in [-0.39, 0.29) is 0 Å². The molecule has 1 aromatic heterocycles. The molecule has 3 aliphatic rings. The van der Waals surface area contributed by atoms with E-state index in [1.807, 2.05) is 4.98 Å². The fourth-order valence-corrected chi connectivity index (χ4v) is 8.05. The summed E-state index contributed by atoms with van der Waals surface area (Å²) in [7, 11) is 0. The lowest BCUT2D eigenvalue weighted by atomic mass is 9.91. The maximum atomic E-state index is 13.3. The zero-order chi connectivity index (χ0) is 45.0. The van der Waals surface area contributed by atoms with Gasteiger partial charge < -0.3 is 75.5 Å². The van der Waals surface area contributed by atoms with Gasteiger partial charge in [0.2, 0.25) is 11.8 Å². The molecular weight excluding hydrogens is 808 g/mol. The third-order valence-corrected chi connectivity index (χ3v) is 11.9. The summed E-state index contributed by atoms with van der Waals surface area (Å²) >= 11 is 0. The van der Waals surface area contributed by atoms with Crippen LogP contribution >= 0.6 is 0 Å². The number of nitrogens with one attached hydrogen (secondary N) is 3. The van der Waals surface area contributed by atoms with Crippen molar-refractivity contribution in [3.05, 3.63) is 33.1 Å². The van der Waals surface area contributed by atoms with Crippen molar-refractivity contribution in [3.63, 3.8) is 0 Å². The fourth-order valence-electron chi connectivity index (χ4n) is 8.05. The molecule has 0 radical (unpaired) electrons. The lowest BCUT2D eigenvalue weighted by Gasteiger charge is -2.47. The van der Waals surface area contributed by atoms with Gasteiger partial charge in [-0.1, -0.05) is 78.1 Å². The van der Waals surface area contributed by atoms with Crippen molar-refractivity contribution in [2.24, 2.45) is 5.92 Å². The summed E-state index contributed by atoms with van der Waals surface area (Å²) in [5.74, 6) is -0.680. The predicted octanol–water partition coefficient (Wildman–Crippen LogP) is -2.50. The van der Waals surface area contributed by atoms with Gasteiger partial charge in [-0.2, -0.15) is 0 Å². The number of aromatic nitrogens is 2. The van der Waals surface area contributed by atoms with Gasteiger partial charge in [0, 0.05) is 25.6 Å². The first-order valence-corrected chi connectivity index (χ1v) is 21.5. The number of hydrogen-bond acceptors (Lipinski definition) is 17. The molecule has 21 nitrogen and oxygen atoms in total. The number of aromatic amines is 1. The van der Waals surface area contributed by atoms with Crippen LogP contribution in [0.4, 0.5) is 0 Å². The van der Waals surface area contributed by atoms with Crippen molar-refractivity contribution in [2.75, 3.05) is 6.61 Å². The lowest BCUT2D eigenvalue weighted by Crippen LogP contribution is -2.69. The summed E-state index contributed by atoms with van der Waals surface area (Å²) in [6.07, 6.45) is -12.1. The number of ether oxygens (including phenoxy) is 4.